The molecule has 2 aromatic rings. The predicted octanol–water partition coefficient (Wildman–Crippen LogP) is 5.89. The van der Waals surface area contributed by atoms with Gasteiger partial charge in [-0.1, -0.05) is 41.9 Å². The van der Waals surface area contributed by atoms with Crippen LogP contribution in [-0.4, -0.2) is 0 Å². The molecule has 0 saturated carbocycles. The highest BCUT2D eigenvalue weighted by molar-refractivity contribution is 6.33. The van der Waals surface area contributed by atoms with Crippen molar-refractivity contribution >= 4 is 17.3 Å². The van der Waals surface area contributed by atoms with Crippen LogP contribution in [0.25, 0.3) is 16.0 Å². The van der Waals surface area contributed by atoms with Crippen LogP contribution in [-0.2, 0) is 6.18 Å². The van der Waals surface area contributed by atoms with Gasteiger partial charge in [0.05, 0.1) is 12.1 Å². The van der Waals surface area contributed by atoms with Crippen LogP contribution in [0, 0.1) is 13.5 Å². The summed E-state index contributed by atoms with van der Waals surface area (Å²) in [4.78, 5) is 2.91. The summed E-state index contributed by atoms with van der Waals surface area (Å²) in [6.07, 6.45) is -4.56. The SMILES string of the molecule is [C-]#[N+]c1ccc(-c2ccc(C)cc2Cl)cc1C(F)(F)F. The Kier molecular flexibility index (Phi) is 3.74. The van der Waals surface area contributed by atoms with Crippen LogP contribution in [0.1, 0.15) is 11.1 Å². The molecule has 5 heteroatoms. The second-order valence-electron chi connectivity index (χ2n) is 4.32. The van der Waals surface area contributed by atoms with Gasteiger partial charge in [-0.2, -0.15) is 13.2 Å². The van der Waals surface area contributed by atoms with Crippen LogP contribution in [0.15, 0.2) is 36.4 Å². The number of rotatable bonds is 1. The van der Waals surface area contributed by atoms with Crippen molar-refractivity contribution in [2.45, 2.75) is 13.1 Å². The van der Waals surface area contributed by atoms with Crippen molar-refractivity contribution < 1.29 is 13.2 Å². The monoisotopic (exact) mass is 295 g/mol. The molecule has 0 aliphatic rings. The van der Waals surface area contributed by atoms with Crippen LogP contribution in [0.3, 0.4) is 0 Å². The van der Waals surface area contributed by atoms with Crippen molar-refractivity contribution in [1.82, 2.24) is 0 Å². The van der Waals surface area contributed by atoms with Crippen molar-refractivity contribution in [3.05, 3.63) is 64.0 Å². The Balaban J connectivity index is 2.63. The summed E-state index contributed by atoms with van der Waals surface area (Å²) >= 11 is 6.06. The number of alkyl halides is 3. The lowest BCUT2D eigenvalue weighted by atomic mass is 10.0. The number of halogens is 4. The molecule has 0 atom stereocenters. The van der Waals surface area contributed by atoms with Gasteiger partial charge in [0, 0.05) is 10.6 Å². The standard InChI is InChI=1S/C15H9ClF3N/c1-9-3-5-11(13(16)7-9)10-4-6-14(20-2)12(8-10)15(17,18)19/h3-8H,1H3. The van der Waals surface area contributed by atoms with Crippen molar-refractivity contribution in [2.75, 3.05) is 0 Å². The largest absolute Gasteiger partial charge is 0.407 e. The zero-order chi connectivity index (χ0) is 14.9. The maximum absolute atomic E-state index is 12.9. The lowest BCUT2D eigenvalue weighted by molar-refractivity contribution is -0.136. The molecule has 0 aliphatic heterocycles. The molecular weight excluding hydrogens is 287 g/mol. The highest BCUT2D eigenvalue weighted by Gasteiger charge is 2.33. The molecule has 0 N–H and O–H groups in total. The summed E-state index contributed by atoms with van der Waals surface area (Å²) < 4.78 is 38.8. The fourth-order valence-electron chi connectivity index (χ4n) is 1.88. The van der Waals surface area contributed by atoms with Crippen LogP contribution in [0.4, 0.5) is 18.9 Å². The Morgan fingerprint density at radius 3 is 2.35 bits per heavy atom. The van der Waals surface area contributed by atoms with Crippen LogP contribution >= 0.6 is 11.6 Å². The van der Waals surface area contributed by atoms with Crippen molar-refractivity contribution in [2.24, 2.45) is 0 Å². The second-order valence-corrected chi connectivity index (χ2v) is 4.73. The zero-order valence-corrected chi connectivity index (χ0v) is 11.2. The van der Waals surface area contributed by atoms with Crippen molar-refractivity contribution in [1.29, 1.82) is 0 Å². The zero-order valence-electron chi connectivity index (χ0n) is 10.4. The van der Waals surface area contributed by atoms with E-state index >= 15 is 0 Å². The van der Waals surface area contributed by atoms with Gasteiger partial charge in [0.2, 0.25) is 0 Å². The van der Waals surface area contributed by atoms with Gasteiger partial charge < -0.3 is 0 Å². The lowest BCUT2D eigenvalue weighted by Crippen LogP contribution is -2.05. The van der Waals surface area contributed by atoms with Gasteiger partial charge in [0.1, 0.15) is 0 Å². The van der Waals surface area contributed by atoms with E-state index in [1.807, 2.05) is 6.92 Å². The van der Waals surface area contributed by atoms with E-state index in [-0.39, 0.29) is 0 Å². The predicted molar refractivity (Wildman–Crippen MR) is 72.9 cm³/mol. The quantitative estimate of drug-likeness (QED) is 0.578. The van der Waals surface area contributed by atoms with E-state index in [0.717, 1.165) is 11.6 Å². The average molecular weight is 296 g/mol. The molecule has 0 amide bonds. The van der Waals surface area contributed by atoms with Gasteiger partial charge in [-0.05, 0) is 24.1 Å². The molecule has 0 heterocycles. The Bertz CT molecular complexity index is 699. The molecule has 2 rings (SSSR count). The topological polar surface area (TPSA) is 4.36 Å². The number of aryl methyl sites for hydroxylation is 1. The first-order valence-electron chi connectivity index (χ1n) is 5.68. The lowest BCUT2D eigenvalue weighted by Gasteiger charge is -2.12. The van der Waals surface area contributed by atoms with Gasteiger partial charge >= 0.3 is 6.18 Å². The molecular formula is C15H9ClF3N. The molecule has 0 bridgehead atoms. The van der Waals surface area contributed by atoms with Crippen LogP contribution < -0.4 is 0 Å². The Labute approximate surface area is 119 Å². The molecule has 0 radical (unpaired) electrons. The van der Waals surface area contributed by atoms with Gasteiger partial charge in [-0.15, -0.1) is 0 Å². The highest BCUT2D eigenvalue weighted by atomic mass is 35.5. The van der Waals surface area contributed by atoms with E-state index in [1.165, 1.54) is 12.1 Å². The summed E-state index contributed by atoms with van der Waals surface area (Å²) in [5, 5.41) is 0.383. The fraction of sp³-hybridized carbons (Fsp3) is 0.133. The van der Waals surface area contributed by atoms with E-state index in [2.05, 4.69) is 4.85 Å². The smallest absolute Gasteiger partial charge is 0.238 e. The summed E-state index contributed by atoms with van der Waals surface area (Å²) in [6.45, 7) is 8.66. The maximum Gasteiger partial charge on any atom is 0.407 e. The molecule has 0 aliphatic carbocycles. The second kappa shape index (κ2) is 5.18. The van der Waals surface area contributed by atoms with Gasteiger partial charge in [0.15, 0.2) is 5.69 Å². The third-order valence-electron chi connectivity index (χ3n) is 2.86. The molecule has 0 saturated heterocycles. The average Bonchev–Trinajstić information content (AvgIpc) is 2.37. The third-order valence-corrected chi connectivity index (χ3v) is 3.17. The first kappa shape index (κ1) is 14.4. The fourth-order valence-corrected chi connectivity index (χ4v) is 2.23. The maximum atomic E-state index is 12.9. The molecule has 2 aromatic carbocycles. The molecule has 102 valence electrons. The molecule has 1 nitrogen and oxygen atoms in total. The van der Waals surface area contributed by atoms with Crippen LogP contribution in [0.2, 0.25) is 5.02 Å². The minimum absolute atomic E-state index is 0.342. The van der Waals surface area contributed by atoms with Crippen molar-refractivity contribution in [3.63, 3.8) is 0 Å². The minimum atomic E-state index is -4.56. The number of benzene rings is 2. The highest BCUT2D eigenvalue weighted by Crippen LogP contribution is 2.40. The van der Waals surface area contributed by atoms with Crippen molar-refractivity contribution in [3.8, 4) is 11.1 Å². The van der Waals surface area contributed by atoms with E-state index in [4.69, 9.17) is 18.2 Å². The summed E-state index contributed by atoms with van der Waals surface area (Å²) in [5.41, 5.74) is 0.424. The van der Waals surface area contributed by atoms with E-state index in [1.54, 1.807) is 18.2 Å². The normalized spacial score (nSPS) is 11.2. The van der Waals surface area contributed by atoms with Gasteiger partial charge in [0.25, 0.3) is 0 Å². The van der Waals surface area contributed by atoms with Gasteiger partial charge in [-0.3, -0.25) is 0 Å². The number of hydrogen-bond donors (Lipinski definition) is 0. The first-order chi connectivity index (χ1) is 9.32. The summed E-state index contributed by atoms with van der Waals surface area (Å²) in [6, 6.07) is 8.74. The molecule has 0 aromatic heterocycles. The first-order valence-corrected chi connectivity index (χ1v) is 6.06. The Morgan fingerprint density at radius 1 is 1.10 bits per heavy atom. The van der Waals surface area contributed by atoms with Gasteiger partial charge in [-0.25, -0.2) is 4.85 Å². The van der Waals surface area contributed by atoms with E-state index < -0.39 is 17.4 Å². The minimum Gasteiger partial charge on any atom is -0.238 e. The Hall–Kier alpha value is -1.99. The molecule has 0 spiro atoms. The summed E-state index contributed by atoms with van der Waals surface area (Å²) in [7, 11) is 0. The van der Waals surface area contributed by atoms with E-state index in [9.17, 15) is 13.2 Å². The molecule has 0 fully saturated rings. The Morgan fingerprint density at radius 2 is 1.80 bits per heavy atom. The number of nitrogens with zero attached hydrogens (tertiary/aromatic N) is 1. The molecule has 0 unspecified atom stereocenters. The summed E-state index contributed by atoms with van der Waals surface area (Å²) in [5.74, 6) is 0. The number of hydrogen-bond acceptors (Lipinski definition) is 0. The molecule has 20 heavy (non-hydrogen) atoms. The van der Waals surface area contributed by atoms with Crippen LogP contribution in [0.5, 0.6) is 0 Å². The third kappa shape index (κ3) is 2.78. The van der Waals surface area contributed by atoms with E-state index in [0.29, 0.717) is 16.1 Å².